The average molecular weight is 467 g/mol. The van der Waals surface area contributed by atoms with Gasteiger partial charge in [0.25, 0.3) is 0 Å². The van der Waals surface area contributed by atoms with Crippen molar-refractivity contribution >= 4 is 34.7 Å². The summed E-state index contributed by atoms with van der Waals surface area (Å²) in [6.45, 7) is 0.333. The van der Waals surface area contributed by atoms with Gasteiger partial charge in [-0.25, -0.2) is 9.78 Å². The molecule has 4 aromatic carbocycles. The SMILES string of the molecule is O=C(NSc1ccccc1-c1ccccc1)Nc1ccc(OCc2nc3ccccc3[nH]2)cc1. The number of H-pyrrole nitrogens is 1. The van der Waals surface area contributed by atoms with E-state index in [2.05, 4.69) is 32.1 Å². The van der Waals surface area contributed by atoms with Crippen molar-refractivity contribution in [3.05, 3.63) is 109 Å². The van der Waals surface area contributed by atoms with Crippen LogP contribution in [0.25, 0.3) is 22.2 Å². The number of nitrogens with zero attached hydrogens (tertiary/aromatic N) is 1. The molecule has 2 amide bonds. The molecule has 0 spiro atoms. The second-order valence-corrected chi connectivity index (χ2v) is 8.38. The summed E-state index contributed by atoms with van der Waals surface area (Å²) in [4.78, 5) is 21.1. The average Bonchev–Trinajstić information content (AvgIpc) is 3.31. The third-order valence-corrected chi connectivity index (χ3v) is 6.02. The molecule has 0 aliphatic heterocycles. The standard InChI is InChI=1S/C27H22N4O2S/c32-27(31-34-25-13-7-4-10-22(25)19-8-2-1-3-9-19)28-20-14-16-21(17-15-20)33-18-26-29-23-11-5-6-12-24(23)30-26/h1-17H,18H2,(H,29,30)(H2,28,31,32). The summed E-state index contributed by atoms with van der Waals surface area (Å²) in [7, 11) is 0. The highest BCUT2D eigenvalue weighted by Gasteiger charge is 2.08. The Balaban J connectivity index is 1.14. The fourth-order valence-electron chi connectivity index (χ4n) is 3.53. The van der Waals surface area contributed by atoms with Crippen LogP contribution in [0.4, 0.5) is 10.5 Å². The number of carbonyl (C=O) groups excluding carboxylic acids is 1. The molecule has 5 aromatic rings. The van der Waals surface area contributed by atoms with Crippen molar-refractivity contribution < 1.29 is 9.53 Å². The predicted molar refractivity (Wildman–Crippen MR) is 137 cm³/mol. The van der Waals surface area contributed by atoms with Crippen LogP contribution in [-0.4, -0.2) is 16.0 Å². The van der Waals surface area contributed by atoms with Crippen LogP contribution >= 0.6 is 11.9 Å². The van der Waals surface area contributed by atoms with Crippen molar-refractivity contribution in [1.29, 1.82) is 0 Å². The summed E-state index contributed by atoms with van der Waals surface area (Å²) in [6.07, 6.45) is 0. The van der Waals surface area contributed by atoms with E-state index in [0.29, 0.717) is 18.0 Å². The second kappa shape index (κ2) is 10.1. The first-order valence-electron chi connectivity index (χ1n) is 10.8. The zero-order chi connectivity index (χ0) is 23.2. The predicted octanol–water partition coefficient (Wildman–Crippen LogP) is 6.64. The number of para-hydroxylation sites is 2. The molecule has 0 saturated heterocycles. The molecule has 168 valence electrons. The molecule has 0 aliphatic rings. The molecular weight excluding hydrogens is 444 g/mol. The Morgan fingerprint density at radius 2 is 1.59 bits per heavy atom. The minimum Gasteiger partial charge on any atom is -0.486 e. The Bertz CT molecular complexity index is 1370. The van der Waals surface area contributed by atoms with Crippen LogP contribution in [0.3, 0.4) is 0 Å². The molecule has 0 radical (unpaired) electrons. The van der Waals surface area contributed by atoms with Crippen molar-refractivity contribution in [2.24, 2.45) is 0 Å². The minimum absolute atomic E-state index is 0.302. The van der Waals surface area contributed by atoms with Crippen molar-refractivity contribution in [2.45, 2.75) is 11.5 Å². The molecule has 0 bridgehead atoms. The maximum absolute atomic E-state index is 12.4. The Hall–Kier alpha value is -4.23. The summed E-state index contributed by atoms with van der Waals surface area (Å²) in [5.74, 6) is 1.45. The second-order valence-electron chi connectivity index (χ2n) is 7.53. The van der Waals surface area contributed by atoms with Crippen molar-refractivity contribution in [3.8, 4) is 16.9 Å². The van der Waals surface area contributed by atoms with Gasteiger partial charge in [0.15, 0.2) is 0 Å². The van der Waals surface area contributed by atoms with Gasteiger partial charge in [0.2, 0.25) is 0 Å². The molecule has 0 unspecified atom stereocenters. The number of ether oxygens (including phenoxy) is 1. The van der Waals surface area contributed by atoms with E-state index in [4.69, 9.17) is 4.74 Å². The van der Waals surface area contributed by atoms with Crippen molar-refractivity contribution in [1.82, 2.24) is 14.7 Å². The highest BCUT2D eigenvalue weighted by molar-refractivity contribution is 7.98. The number of aromatic amines is 1. The van der Waals surface area contributed by atoms with Crippen LogP contribution in [-0.2, 0) is 6.61 Å². The Kier molecular flexibility index (Phi) is 6.45. The Morgan fingerprint density at radius 3 is 2.41 bits per heavy atom. The fraction of sp³-hybridized carbons (Fsp3) is 0.0370. The van der Waals surface area contributed by atoms with Gasteiger partial charge >= 0.3 is 6.03 Å². The molecule has 0 saturated carbocycles. The molecule has 0 aliphatic carbocycles. The summed E-state index contributed by atoms with van der Waals surface area (Å²) >= 11 is 1.28. The van der Waals surface area contributed by atoms with Crippen molar-refractivity contribution in [3.63, 3.8) is 0 Å². The van der Waals surface area contributed by atoms with E-state index in [1.165, 1.54) is 11.9 Å². The lowest BCUT2D eigenvalue weighted by Crippen LogP contribution is -2.22. The molecule has 6 nitrogen and oxygen atoms in total. The summed E-state index contributed by atoms with van der Waals surface area (Å²) in [5, 5.41) is 2.85. The van der Waals surface area contributed by atoms with Gasteiger partial charge in [-0.1, -0.05) is 60.7 Å². The normalized spacial score (nSPS) is 10.7. The summed E-state index contributed by atoms with van der Waals surface area (Å²) < 4.78 is 8.67. The molecule has 0 atom stereocenters. The molecule has 3 N–H and O–H groups in total. The molecular formula is C27H22N4O2S. The number of rotatable bonds is 7. The van der Waals surface area contributed by atoms with E-state index in [1.54, 1.807) is 12.1 Å². The van der Waals surface area contributed by atoms with Crippen LogP contribution in [0.5, 0.6) is 5.75 Å². The van der Waals surface area contributed by atoms with Gasteiger partial charge in [-0.3, -0.25) is 4.72 Å². The van der Waals surface area contributed by atoms with E-state index in [9.17, 15) is 4.79 Å². The van der Waals surface area contributed by atoms with E-state index < -0.39 is 0 Å². The highest BCUT2D eigenvalue weighted by atomic mass is 32.2. The first-order chi connectivity index (χ1) is 16.7. The third-order valence-electron chi connectivity index (χ3n) is 5.15. The zero-order valence-corrected chi connectivity index (χ0v) is 19.0. The van der Waals surface area contributed by atoms with Gasteiger partial charge in [-0.05, 0) is 65.5 Å². The number of aromatic nitrogens is 2. The van der Waals surface area contributed by atoms with Gasteiger partial charge in [0.1, 0.15) is 18.2 Å². The number of urea groups is 1. The quantitative estimate of drug-likeness (QED) is 0.235. The molecule has 0 fully saturated rings. The monoisotopic (exact) mass is 466 g/mol. The molecule has 5 rings (SSSR count). The Labute approximate surface area is 201 Å². The maximum atomic E-state index is 12.4. The lowest BCUT2D eigenvalue weighted by Gasteiger charge is -2.11. The molecule has 7 heteroatoms. The van der Waals surface area contributed by atoms with E-state index in [-0.39, 0.29) is 6.03 Å². The summed E-state index contributed by atoms with van der Waals surface area (Å²) in [6, 6.07) is 32.9. The number of amides is 2. The number of hydrogen-bond donors (Lipinski definition) is 3. The van der Waals surface area contributed by atoms with E-state index in [0.717, 1.165) is 32.9 Å². The van der Waals surface area contributed by atoms with Gasteiger partial charge in [0, 0.05) is 10.6 Å². The zero-order valence-electron chi connectivity index (χ0n) is 18.2. The van der Waals surface area contributed by atoms with Gasteiger partial charge in [-0.15, -0.1) is 0 Å². The number of imidazole rings is 1. The number of fused-ring (bicyclic) bond motifs is 1. The number of anilines is 1. The molecule has 1 aromatic heterocycles. The topological polar surface area (TPSA) is 79.0 Å². The number of benzene rings is 4. The fourth-order valence-corrected chi connectivity index (χ4v) is 4.23. The van der Waals surface area contributed by atoms with Crippen molar-refractivity contribution in [2.75, 3.05) is 5.32 Å². The lowest BCUT2D eigenvalue weighted by atomic mass is 10.1. The largest absolute Gasteiger partial charge is 0.486 e. The molecule has 1 heterocycles. The van der Waals surface area contributed by atoms with Gasteiger partial charge in [0.05, 0.1) is 11.0 Å². The highest BCUT2D eigenvalue weighted by Crippen LogP contribution is 2.29. The van der Waals surface area contributed by atoms with Crippen LogP contribution in [0, 0.1) is 0 Å². The molecule has 34 heavy (non-hydrogen) atoms. The van der Waals surface area contributed by atoms with E-state index in [1.807, 2.05) is 78.9 Å². The van der Waals surface area contributed by atoms with Gasteiger partial charge < -0.3 is 15.0 Å². The van der Waals surface area contributed by atoms with Crippen LogP contribution in [0.2, 0.25) is 0 Å². The van der Waals surface area contributed by atoms with Crippen LogP contribution in [0.15, 0.2) is 108 Å². The first kappa shape index (κ1) is 21.6. The number of carbonyl (C=O) groups is 1. The smallest absolute Gasteiger partial charge is 0.329 e. The minimum atomic E-state index is -0.302. The lowest BCUT2D eigenvalue weighted by molar-refractivity contribution is 0.257. The number of hydrogen-bond acceptors (Lipinski definition) is 4. The first-order valence-corrected chi connectivity index (χ1v) is 11.6. The van der Waals surface area contributed by atoms with Gasteiger partial charge in [-0.2, -0.15) is 0 Å². The van der Waals surface area contributed by atoms with Crippen LogP contribution in [0.1, 0.15) is 5.82 Å². The third kappa shape index (κ3) is 5.22. The Morgan fingerprint density at radius 1 is 0.853 bits per heavy atom. The van der Waals surface area contributed by atoms with E-state index >= 15 is 0 Å². The summed E-state index contributed by atoms with van der Waals surface area (Å²) in [5.41, 5.74) is 4.74. The van der Waals surface area contributed by atoms with Crippen LogP contribution < -0.4 is 14.8 Å². The maximum Gasteiger partial charge on any atom is 0.329 e. The number of nitrogens with one attached hydrogen (secondary N) is 3.